The first-order valence-electron chi connectivity index (χ1n) is 5.67. The summed E-state index contributed by atoms with van der Waals surface area (Å²) < 4.78 is 10.2. The molecule has 0 fully saturated rings. The Morgan fingerprint density at radius 2 is 2.22 bits per heavy atom. The Balaban J connectivity index is 2.42. The molecule has 2 rings (SSSR count). The lowest BCUT2D eigenvalue weighted by Crippen LogP contribution is -2.18. The SMILES string of the molecule is COc1ccc2c(CNCCO)cc(=O)oc2c1. The van der Waals surface area contributed by atoms with Crippen LogP contribution in [0.1, 0.15) is 5.56 Å². The molecule has 5 nitrogen and oxygen atoms in total. The van der Waals surface area contributed by atoms with Crippen LogP contribution >= 0.6 is 0 Å². The summed E-state index contributed by atoms with van der Waals surface area (Å²) in [5.74, 6) is 0.645. The van der Waals surface area contributed by atoms with Crippen molar-refractivity contribution in [3.63, 3.8) is 0 Å². The Labute approximate surface area is 104 Å². The van der Waals surface area contributed by atoms with Gasteiger partial charge < -0.3 is 19.6 Å². The van der Waals surface area contributed by atoms with Gasteiger partial charge in [-0.15, -0.1) is 0 Å². The number of rotatable bonds is 5. The third-order valence-corrected chi connectivity index (χ3v) is 2.64. The smallest absolute Gasteiger partial charge is 0.336 e. The molecular formula is C13H15NO4. The molecule has 0 atom stereocenters. The predicted molar refractivity (Wildman–Crippen MR) is 67.8 cm³/mol. The van der Waals surface area contributed by atoms with Crippen LogP contribution in [0.3, 0.4) is 0 Å². The predicted octanol–water partition coefficient (Wildman–Crippen LogP) is 0.883. The molecule has 0 aliphatic rings. The van der Waals surface area contributed by atoms with E-state index in [0.717, 1.165) is 10.9 Å². The Morgan fingerprint density at radius 3 is 2.94 bits per heavy atom. The van der Waals surface area contributed by atoms with E-state index in [0.29, 0.717) is 24.4 Å². The van der Waals surface area contributed by atoms with Crippen molar-refractivity contribution in [2.24, 2.45) is 0 Å². The molecule has 0 radical (unpaired) electrons. The van der Waals surface area contributed by atoms with E-state index < -0.39 is 5.63 Å². The number of fused-ring (bicyclic) bond motifs is 1. The zero-order valence-electron chi connectivity index (χ0n) is 10.1. The first-order valence-corrected chi connectivity index (χ1v) is 5.67. The maximum absolute atomic E-state index is 11.5. The van der Waals surface area contributed by atoms with E-state index in [2.05, 4.69) is 5.32 Å². The molecule has 1 heterocycles. The molecule has 0 saturated heterocycles. The lowest BCUT2D eigenvalue weighted by atomic mass is 10.1. The average molecular weight is 249 g/mol. The fourth-order valence-electron chi connectivity index (χ4n) is 1.79. The van der Waals surface area contributed by atoms with Crippen molar-refractivity contribution in [1.29, 1.82) is 0 Å². The van der Waals surface area contributed by atoms with E-state index in [1.165, 1.54) is 6.07 Å². The van der Waals surface area contributed by atoms with Crippen molar-refractivity contribution in [2.45, 2.75) is 6.54 Å². The summed E-state index contributed by atoms with van der Waals surface area (Å²) in [6, 6.07) is 6.82. The van der Waals surface area contributed by atoms with Crippen LogP contribution in [0.15, 0.2) is 33.5 Å². The van der Waals surface area contributed by atoms with E-state index >= 15 is 0 Å². The van der Waals surface area contributed by atoms with Gasteiger partial charge in [-0.2, -0.15) is 0 Å². The maximum atomic E-state index is 11.5. The fourth-order valence-corrected chi connectivity index (χ4v) is 1.79. The Kier molecular flexibility index (Phi) is 3.96. The third kappa shape index (κ3) is 2.69. The lowest BCUT2D eigenvalue weighted by Gasteiger charge is -2.07. The first-order chi connectivity index (χ1) is 8.74. The number of methoxy groups -OCH3 is 1. The van der Waals surface area contributed by atoms with Crippen LogP contribution in [-0.4, -0.2) is 25.4 Å². The van der Waals surface area contributed by atoms with E-state index in [9.17, 15) is 4.79 Å². The molecule has 0 aliphatic heterocycles. The van der Waals surface area contributed by atoms with Crippen LogP contribution in [0.2, 0.25) is 0 Å². The minimum absolute atomic E-state index is 0.0627. The van der Waals surface area contributed by atoms with Gasteiger partial charge in [-0.1, -0.05) is 0 Å². The van der Waals surface area contributed by atoms with Gasteiger partial charge in [0.1, 0.15) is 11.3 Å². The second-order valence-corrected chi connectivity index (χ2v) is 3.85. The van der Waals surface area contributed by atoms with Crippen molar-refractivity contribution in [1.82, 2.24) is 5.32 Å². The average Bonchev–Trinajstić information content (AvgIpc) is 2.38. The van der Waals surface area contributed by atoms with Gasteiger partial charge in [0, 0.05) is 30.6 Å². The van der Waals surface area contributed by atoms with E-state index in [1.807, 2.05) is 12.1 Å². The van der Waals surface area contributed by atoms with Crippen LogP contribution in [0.25, 0.3) is 11.0 Å². The highest BCUT2D eigenvalue weighted by Gasteiger charge is 2.06. The monoisotopic (exact) mass is 249 g/mol. The number of benzene rings is 1. The number of aliphatic hydroxyl groups excluding tert-OH is 1. The maximum Gasteiger partial charge on any atom is 0.336 e. The Hall–Kier alpha value is -1.85. The van der Waals surface area contributed by atoms with Crippen LogP contribution in [-0.2, 0) is 6.54 Å². The summed E-state index contributed by atoms with van der Waals surface area (Å²) in [5.41, 5.74) is 0.955. The van der Waals surface area contributed by atoms with E-state index in [-0.39, 0.29) is 6.61 Å². The number of nitrogens with one attached hydrogen (secondary N) is 1. The molecule has 0 spiro atoms. The molecule has 2 aromatic rings. The lowest BCUT2D eigenvalue weighted by molar-refractivity contribution is 0.292. The minimum Gasteiger partial charge on any atom is -0.497 e. The number of hydrogen-bond acceptors (Lipinski definition) is 5. The van der Waals surface area contributed by atoms with E-state index in [4.69, 9.17) is 14.3 Å². The number of hydrogen-bond donors (Lipinski definition) is 2. The van der Waals surface area contributed by atoms with Crippen LogP contribution in [0.5, 0.6) is 5.75 Å². The topological polar surface area (TPSA) is 71.7 Å². The zero-order valence-corrected chi connectivity index (χ0v) is 10.1. The van der Waals surface area contributed by atoms with Gasteiger partial charge in [0.25, 0.3) is 0 Å². The Bertz CT molecular complexity index is 591. The van der Waals surface area contributed by atoms with Gasteiger partial charge in [0.15, 0.2) is 0 Å². The molecule has 18 heavy (non-hydrogen) atoms. The van der Waals surface area contributed by atoms with Gasteiger partial charge in [-0.05, 0) is 17.7 Å². The molecule has 0 aliphatic carbocycles. The molecule has 0 bridgehead atoms. The molecule has 0 amide bonds. The zero-order chi connectivity index (χ0) is 13.0. The van der Waals surface area contributed by atoms with Crippen LogP contribution in [0.4, 0.5) is 0 Å². The standard InChI is InChI=1S/C13H15NO4/c1-17-10-2-3-11-9(8-14-4-5-15)6-13(16)18-12(11)7-10/h2-3,6-7,14-15H,4-5,8H2,1H3. The summed E-state index contributed by atoms with van der Waals surface area (Å²) in [5, 5.41) is 12.6. The molecule has 5 heteroatoms. The van der Waals surface area contributed by atoms with E-state index in [1.54, 1.807) is 13.2 Å². The highest BCUT2D eigenvalue weighted by atomic mass is 16.5. The van der Waals surface area contributed by atoms with Gasteiger partial charge >= 0.3 is 5.63 Å². The van der Waals surface area contributed by atoms with Crippen molar-refractivity contribution in [3.05, 3.63) is 40.2 Å². The van der Waals surface area contributed by atoms with Gasteiger partial charge in [0.2, 0.25) is 0 Å². The molecule has 1 aromatic carbocycles. The normalized spacial score (nSPS) is 10.8. The van der Waals surface area contributed by atoms with Gasteiger partial charge in [-0.3, -0.25) is 0 Å². The number of ether oxygens (including phenoxy) is 1. The Morgan fingerprint density at radius 1 is 1.39 bits per heavy atom. The second kappa shape index (κ2) is 5.66. The third-order valence-electron chi connectivity index (χ3n) is 2.64. The fraction of sp³-hybridized carbons (Fsp3) is 0.308. The summed E-state index contributed by atoms with van der Waals surface area (Å²) in [6.07, 6.45) is 0. The van der Waals surface area contributed by atoms with Crippen molar-refractivity contribution < 1.29 is 14.3 Å². The largest absolute Gasteiger partial charge is 0.497 e. The molecular weight excluding hydrogens is 234 g/mol. The highest BCUT2D eigenvalue weighted by Crippen LogP contribution is 2.22. The molecule has 2 N–H and O–H groups in total. The molecule has 1 aromatic heterocycles. The first kappa shape index (κ1) is 12.6. The molecule has 96 valence electrons. The highest BCUT2D eigenvalue weighted by molar-refractivity contribution is 5.81. The van der Waals surface area contributed by atoms with Gasteiger partial charge in [0.05, 0.1) is 13.7 Å². The van der Waals surface area contributed by atoms with Crippen molar-refractivity contribution >= 4 is 11.0 Å². The van der Waals surface area contributed by atoms with Crippen molar-refractivity contribution in [3.8, 4) is 5.75 Å². The second-order valence-electron chi connectivity index (χ2n) is 3.85. The molecule has 0 saturated carbocycles. The van der Waals surface area contributed by atoms with Crippen LogP contribution in [0, 0.1) is 0 Å². The molecule has 0 unspecified atom stereocenters. The van der Waals surface area contributed by atoms with Crippen molar-refractivity contribution in [2.75, 3.05) is 20.3 Å². The minimum atomic E-state index is -0.392. The van der Waals surface area contributed by atoms with Gasteiger partial charge in [-0.25, -0.2) is 4.79 Å². The summed E-state index contributed by atoms with van der Waals surface area (Å²) in [7, 11) is 1.56. The summed E-state index contributed by atoms with van der Waals surface area (Å²) in [4.78, 5) is 11.5. The van der Waals surface area contributed by atoms with Crippen LogP contribution < -0.4 is 15.7 Å². The quantitative estimate of drug-likeness (QED) is 0.608. The number of aliphatic hydroxyl groups is 1. The summed E-state index contributed by atoms with van der Waals surface area (Å²) >= 11 is 0. The summed E-state index contributed by atoms with van der Waals surface area (Å²) in [6.45, 7) is 1.06.